The molecule has 0 atom stereocenters. The van der Waals surface area contributed by atoms with Gasteiger partial charge in [0, 0.05) is 6.42 Å². The molecule has 0 aliphatic carbocycles. The predicted octanol–water partition coefficient (Wildman–Crippen LogP) is 1.94. The van der Waals surface area contributed by atoms with Crippen molar-refractivity contribution < 1.29 is 13.2 Å². The molecular formula is C4H7F3N-. The molecule has 0 fully saturated rings. The van der Waals surface area contributed by atoms with E-state index in [1.165, 1.54) is 7.05 Å². The van der Waals surface area contributed by atoms with Gasteiger partial charge in [-0.05, 0) is 0 Å². The van der Waals surface area contributed by atoms with Crippen LogP contribution in [0.25, 0.3) is 5.32 Å². The second-order valence-corrected chi connectivity index (χ2v) is 1.41. The van der Waals surface area contributed by atoms with Crippen LogP contribution < -0.4 is 0 Å². The van der Waals surface area contributed by atoms with Gasteiger partial charge in [-0.2, -0.15) is 20.2 Å². The van der Waals surface area contributed by atoms with Gasteiger partial charge in [-0.1, -0.05) is 0 Å². The topological polar surface area (TPSA) is 14.1 Å². The predicted molar refractivity (Wildman–Crippen MR) is 24.8 cm³/mol. The van der Waals surface area contributed by atoms with E-state index < -0.39 is 12.6 Å². The third kappa shape index (κ3) is 5.75. The molecule has 0 radical (unpaired) electrons. The minimum absolute atomic E-state index is 0.122. The van der Waals surface area contributed by atoms with Crippen LogP contribution >= 0.6 is 0 Å². The zero-order valence-electron chi connectivity index (χ0n) is 4.50. The fraction of sp³-hybridized carbons (Fsp3) is 1.00. The third-order valence-electron chi connectivity index (χ3n) is 0.619. The van der Waals surface area contributed by atoms with Gasteiger partial charge in [0.2, 0.25) is 0 Å². The van der Waals surface area contributed by atoms with Crippen molar-refractivity contribution >= 4 is 0 Å². The van der Waals surface area contributed by atoms with E-state index in [0.717, 1.165) is 0 Å². The van der Waals surface area contributed by atoms with Gasteiger partial charge in [0.05, 0.1) is 0 Å². The molecule has 50 valence electrons. The van der Waals surface area contributed by atoms with Crippen molar-refractivity contribution in [1.29, 1.82) is 0 Å². The Morgan fingerprint density at radius 2 is 1.88 bits per heavy atom. The van der Waals surface area contributed by atoms with Crippen LogP contribution in [-0.2, 0) is 0 Å². The standard InChI is InChI=1S/C4H7F3N/c1-8-3-2-4(5,6)7/h2-3H2,1H3/q-1. The largest absolute Gasteiger partial charge is 0.665 e. The average Bonchev–Trinajstić information content (AvgIpc) is 1.59. The highest BCUT2D eigenvalue weighted by atomic mass is 19.4. The summed E-state index contributed by atoms with van der Waals surface area (Å²) in [4.78, 5) is 0. The van der Waals surface area contributed by atoms with Crippen molar-refractivity contribution in [2.75, 3.05) is 13.6 Å². The van der Waals surface area contributed by atoms with Crippen molar-refractivity contribution in [2.45, 2.75) is 12.6 Å². The van der Waals surface area contributed by atoms with Gasteiger partial charge in [0.15, 0.2) is 0 Å². The number of hydrogen-bond acceptors (Lipinski definition) is 0. The van der Waals surface area contributed by atoms with E-state index in [4.69, 9.17) is 0 Å². The third-order valence-corrected chi connectivity index (χ3v) is 0.619. The van der Waals surface area contributed by atoms with Crippen LogP contribution in [0.3, 0.4) is 0 Å². The van der Waals surface area contributed by atoms with Gasteiger partial charge in [0.1, 0.15) is 0 Å². The lowest BCUT2D eigenvalue weighted by atomic mass is 10.4. The molecule has 0 unspecified atom stereocenters. The molecule has 0 bridgehead atoms. The Morgan fingerprint density at radius 1 is 1.38 bits per heavy atom. The molecule has 0 spiro atoms. The molecule has 0 N–H and O–H groups in total. The monoisotopic (exact) mass is 126 g/mol. The first-order valence-corrected chi connectivity index (χ1v) is 2.18. The van der Waals surface area contributed by atoms with Crippen LogP contribution in [0.1, 0.15) is 6.42 Å². The molecule has 0 aliphatic heterocycles. The fourth-order valence-corrected chi connectivity index (χ4v) is 0.239. The Morgan fingerprint density at radius 3 is 2.00 bits per heavy atom. The first kappa shape index (κ1) is 7.75. The van der Waals surface area contributed by atoms with Crippen LogP contribution in [-0.4, -0.2) is 19.8 Å². The number of rotatable bonds is 2. The second kappa shape index (κ2) is 2.91. The molecular weight excluding hydrogens is 119 g/mol. The lowest BCUT2D eigenvalue weighted by Crippen LogP contribution is -2.08. The maximum atomic E-state index is 11.2. The van der Waals surface area contributed by atoms with Crippen LogP contribution in [0.15, 0.2) is 0 Å². The van der Waals surface area contributed by atoms with Crippen molar-refractivity contribution in [3.05, 3.63) is 5.32 Å². The van der Waals surface area contributed by atoms with E-state index in [-0.39, 0.29) is 6.54 Å². The zero-order chi connectivity index (χ0) is 6.62. The molecule has 0 aromatic carbocycles. The second-order valence-electron chi connectivity index (χ2n) is 1.41. The lowest BCUT2D eigenvalue weighted by molar-refractivity contribution is -0.131. The highest BCUT2D eigenvalue weighted by molar-refractivity contribution is 4.71. The molecule has 0 aromatic rings. The van der Waals surface area contributed by atoms with Crippen molar-refractivity contribution in [3.8, 4) is 0 Å². The first-order chi connectivity index (χ1) is 3.56. The Kier molecular flexibility index (Phi) is 2.82. The normalized spacial score (nSPS) is 12.0. The molecule has 0 heterocycles. The van der Waals surface area contributed by atoms with Gasteiger partial charge in [-0.3, -0.25) is 0 Å². The number of nitrogens with zero attached hydrogens (tertiary/aromatic N) is 1. The summed E-state index contributed by atoms with van der Waals surface area (Å²) in [5, 5.41) is 3.30. The summed E-state index contributed by atoms with van der Waals surface area (Å²) in [6, 6.07) is 0. The maximum absolute atomic E-state index is 11.2. The number of hydrogen-bond donors (Lipinski definition) is 0. The molecule has 4 heteroatoms. The SMILES string of the molecule is C[N-]CCC(F)(F)F. The van der Waals surface area contributed by atoms with E-state index >= 15 is 0 Å². The molecule has 0 amide bonds. The van der Waals surface area contributed by atoms with Gasteiger partial charge in [-0.15, -0.1) is 6.54 Å². The van der Waals surface area contributed by atoms with Crippen LogP contribution in [0.5, 0.6) is 0 Å². The van der Waals surface area contributed by atoms with Gasteiger partial charge < -0.3 is 5.32 Å². The highest BCUT2D eigenvalue weighted by Crippen LogP contribution is 2.19. The number of alkyl halides is 3. The molecule has 0 aliphatic rings. The Bertz CT molecular complexity index is 58.8. The summed E-state index contributed by atoms with van der Waals surface area (Å²) in [5.74, 6) is 0. The fourth-order valence-electron chi connectivity index (χ4n) is 0.239. The molecule has 0 saturated carbocycles. The summed E-state index contributed by atoms with van der Waals surface area (Å²) < 4.78 is 33.5. The van der Waals surface area contributed by atoms with E-state index in [9.17, 15) is 13.2 Å². The maximum Gasteiger partial charge on any atom is 0.387 e. The van der Waals surface area contributed by atoms with Gasteiger partial charge in [0.25, 0.3) is 0 Å². The van der Waals surface area contributed by atoms with E-state index in [1.807, 2.05) is 0 Å². The van der Waals surface area contributed by atoms with Crippen molar-refractivity contribution in [1.82, 2.24) is 0 Å². The highest BCUT2D eigenvalue weighted by Gasteiger charge is 2.23. The van der Waals surface area contributed by atoms with Crippen molar-refractivity contribution in [3.63, 3.8) is 0 Å². The minimum atomic E-state index is -4.04. The molecule has 8 heavy (non-hydrogen) atoms. The van der Waals surface area contributed by atoms with E-state index in [0.29, 0.717) is 0 Å². The Hall–Kier alpha value is -0.250. The molecule has 0 aromatic heterocycles. The number of halogens is 3. The first-order valence-electron chi connectivity index (χ1n) is 2.18. The quantitative estimate of drug-likeness (QED) is 0.536. The summed E-state index contributed by atoms with van der Waals surface area (Å²) in [5.41, 5.74) is 0. The summed E-state index contributed by atoms with van der Waals surface area (Å²) in [6.45, 7) is -0.122. The smallest absolute Gasteiger partial charge is 0.387 e. The van der Waals surface area contributed by atoms with Crippen LogP contribution in [0.2, 0.25) is 0 Å². The minimum Gasteiger partial charge on any atom is -0.665 e. The van der Waals surface area contributed by atoms with Crippen LogP contribution in [0.4, 0.5) is 13.2 Å². The zero-order valence-corrected chi connectivity index (χ0v) is 4.50. The van der Waals surface area contributed by atoms with E-state index in [1.54, 1.807) is 0 Å². The Balaban J connectivity index is 3.11. The Labute approximate surface area is 45.9 Å². The van der Waals surface area contributed by atoms with Gasteiger partial charge in [-0.25, -0.2) is 0 Å². The summed E-state index contributed by atoms with van der Waals surface area (Å²) in [6.07, 6.45) is -4.84. The average molecular weight is 126 g/mol. The lowest BCUT2D eigenvalue weighted by Gasteiger charge is -2.11. The van der Waals surface area contributed by atoms with Gasteiger partial charge >= 0.3 is 6.18 Å². The van der Waals surface area contributed by atoms with Crippen molar-refractivity contribution in [2.24, 2.45) is 0 Å². The summed E-state index contributed by atoms with van der Waals surface area (Å²) >= 11 is 0. The molecule has 1 nitrogen and oxygen atoms in total. The van der Waals surface area contributed by atoms with Crippen LogP contribution in [0, 0.1) is 0 Å². The molecule has 0 saturated heterocycles. The summed E-state index contributed by atoms with van der Waals surface area (Å²) in [7, 11) is 1.37. The molecule has 0 rings (SSSR count). The van der Waals surface area contributed by atoms with E-state index in [2.05, 4.69) is 5.32 Å².